The fraction of sp³-hybridized carbons (Fsp3) is 0.750. The van der Waals surface area contributed by atoms with Crippen molar-refractivity contribution >= 4 is 36.0 Å². The summed E-state index contributed by atoms with van der Waals surface area (Å²) in [5.41, 5.74) is 1.56. The summed E-state index contributed by atoms with van der Waals surface area (Å²) in [6.07, 6.45) is 2.22. The largest absolute Gasteiger partial charge is 0.444 e. The van der Waals surface area contributed by atoms with Crippen molar-refractivity contribution in [2.24, 2.45) is 4.99 Å². The lowest BCUT2D eigenvalue weighted by molar-refractivity contribution is 0.0253. The Kier molecular flexibility index (Phi) is 12.9. The van der Waals surface area contributed by atoms with Gasteiger partial charge in [-0.15, -0.1) is 24.0 Å². The Balaban J connectivity index is 0.00000784. The predicted molar refractivity (Wildman–Crippen MR) is 127 cm³/mol. The van der Waals surface area contributed by atoms with Gasteiger partial charge in [0.2, 0.25) is 0 Å². The van der Waals surface area contributed by atoms with E-state index in [0.29, 0.717) is 32.1 Å². The summed E-state index contributed by atoms with van der Waals surface area (Å²) in [7, 11) is 1.72. The maximum atomic E-state index is 12.3. The highest BCUT2D eigenvalue weighted by Crippen LogP contribution is 2.15. The van der Waals surface area contributed by atoms with Gasteiger partial charge in [0.15, 0.2) is 5.96 Å². The van der Waals surface area contributed by atoms with E-state index in [0.717, 1.165) is 36.3 Å². The molecule has 0 saturated carbocycles. The normalized spacial score (nSPS) is 11.6. The number of amides is 1. The predicted octanol–water partition coefficient (Wildman–Crippen LogP) is 3.73. The minimum atomic E-state index is -0.499. The van der Waals surface area contributed by atoms with Gasteiger partial charge >= 0.3 is 6.09 Å². The molecule has 0 saturated heterocycles. The van der Waals surface area contributed by atoms with Crippen LogP contribution in [0, 0.1) is 0 Å². The third-order valence-electron chi connectivity index (χ3n) is 4.08. The molecule has 29 heavy (non-hydrogen) atoms. The molecule has 1 amide bonds. The Morgan fingerprint density at radius 3 is 2.38 bits per heavy atom. The minimum absolute atomic E-state index is 0. The van der Waals surface area contributed by atoms with E-state index in [1.165, 1.54) is 0 Å². The smallest absolute Gasteiger partial charge is 0.410 e. The molecule has 0 aliphatic heterocycles. The Hall–Kier alpha value is -1.52. The summed E-state index contributed by atoms with van der Waals surface area (Å²) < 4.78 is 10.9. The molecule has 1 aromatic rings. The molecular weight excluding hydrogens is 485 g/mol. The average Bonchev–Trinajstić information content (AvgIpc) is 3.04. The first-order chi connectivity index (χ1) is 13.3. The third-order valence-corrected chi connectivity index (χ3v) is 4.08. The second-order valence-electron chi connectivity index (χ2n) is 7.56. The molecule has 0 bridgehead atoms. The van der Waals surface area contributed by atoms with E-state index < -0.39 is 5.60 Å². The second kappa shape index (κ2) is 13.7. The number of aryl methyl sites for hydroxylation is 2. The number of rotatable bonds is 9. The molecule has 0 spiro atoms. The first-order valence-corrected chi connectivity index (χ1v) is 10.1. The number of carbonyl (C=O) groups excluding carboxylic acids is 1. The van der Waals surface area contributed by atoms with Gasteiger partial charge in [-0.3, -0.25) is 4.99 Å². The zero-order chi connectivity index (χ0) is 21.2. The number of nitrogens with zero attached hydrogens (tertiary/aromatic N) is 3. The Bertz CT molecular complexity index is 619. The van der Waals surface area contributed by atoms with Crippen molar-refractivity contribution in [1.82, 2.24) is 20.7 Å². The summed E-state index contributed by atoms with van der Waals surface area (Å²) in [5.74, 6) is 1.57. The number of guanidine groups is 1. The minimum Gasteiger partial charge on any atom is -0.444 e. The van der Waals surface area contributed by atoms with E-state index in [2.05, 4.69) is 34.6 Å². The fourth-order valence-corrected chi connectivity index (χ4v) is 2.73. The topological polar surface area (TPSA) is 92.0 Å². The average molecular weight is 523 g/mol. The number of carbonyl (C=O) groups is 1. The van der Waals surface area contributed by atoms with Crippen molar-refractivity contribution < 1.29 is 14.1 Å². The van der Waals surface area contributed by atoms with Crippen molar-refractivity contribution in [3.8, 4) is 0 Å². The molecule has 0 unspecified atom stereocenters. The van der Waals surface area contributed by atoms with Gasteiger partial charge in [-0.1, -0.05) is 25.9 Å². The zero-order valence-corrected chi connectivity index (χ0v) is 21.3. The number of nitrogens with one attached hydrogen (secondary N) is 2. The Morgan fingerprint density at radius 2 is 1.86 bits per heavy atom. The summed E-state index contributed by atoms with van der Waals surface area (Å²) in [4.78, 5) is 18.3. The highest BCUT2D eigenvalue weighted by Gasteiger charge is 2.21. The molecule has 168 valence electrons. The van der Waals surface area contributed by atoms with Crippen molar-refractivity contribution in [2.45, 2.75) is 73.0 Å². The van der Waals surface area contributed by atoms with Crippen LogP contribution in [-0.2, 0) is 24.1 Å². The number of aromatic nitrogens is 1. The Morgan fingerprint density at radius 1 is 1.17 bits per heavy atom. The molecule has 1 rings (SSSR count). The van der Waals surface area contributed by atoms with Gasteiger partial charge in [0.25, 0.3) is 0 Å². The number of halogens is 1. The summed E-state index contributed by atoms with van der Waals surface area (Å²) in [6.45, 7) is 14.1. The van der Waals surface area contributed by atoms with Crippen LogP contribution in [0.4, 0.5) is 4.79 Å². The molecule has 9 heteroatoms. The maximum Gasteiger partial charge on any atom is 0.410 e. The molecule has 2 N–H and O–H groups in total. The lowest BCUT2D eigenvalue weighted by Crippen LogP contribution is -2.44. The van der Waals surface area contributed by atoms with Crippen molar-refractivity contribution in [1.29, 1.82) is 0 Å². The SMILES string of the molecule is CCCN(CCNC(=NC)NCc1c(CC)noc1CC)C(=O)OC(C)(C)C.I. The maximum absolute atomic E-state index is 12.3. The van der Waals surface area contributed by atoms with Gasteiger partial charge in [-0.25, -0.2) is 4.79 Å². The van der Waals surface area contributed by atoms with Gasteiger partial charge in [0.05, 0.1) is 5.69 Å². The molecule has 0 radical (unpaired) electrons. The molecule has 0 aromatic carbocycles. The van der Waals surface area contributed by atoms with E-state index in [1.807, 2.05) is 27.7 Å². The van der Waals surface area contributed by atoms with Crippen LogP contribution < -0.4 is 10.6 Å². The molecule has 0 fully saturated rings. The van der Waals surface area contributed by atoms with Crippen LogP contribution in [0.2, 0.25) is 0 Å². The number of hydrogen-bond acceptors (Lipinski definition) is 5. The molecule has 1 heterocycles. The quantitative estimate of drug-likeness (QED) is 0.291. The van der Waals surface area contributed by atoms with Gasteiger partial charge in [-0.2, -0.15) is 0 Å². The number of aliphatic imine (C=N–C) groups is 1. The highest BCUT2D eigenvalue weighted by atomic mass is 127. The second-order valence-corrected chi connectivity index (χ2v) is 7.56. The molecule has 0 atom stereocenters. The molecule has 8 nitrogen and oxygen atoms in total. The van der Waals surface area contributed by atoms with Crippen LogP contribution in [0.3, 0.4) is 0 Å². The van der Waals surface area contributed by atoms with Gasteiger partial charge in [0, 0.05) is 45.2 Å². The highest BCUT2D eigenvalue weighted by molar-refractivity contribution is 14.0. The number of ether oxygens (including phenoxy) is 1. The zero-order valence-electron chi connectivity index (χ0n) is 18.9. The van der Waals surface area contributed by atoms with E-state index >= 15 is 0 Å². The summed E-state index contributed by atoms with van der Waals surface area (Å²) in [6, 6.07) is 0. The van der Waals surface area contributed by atoms with Crippen LogP contribution in [0.1, 0.15) is 65.0 Å². The van der Waals surface area contributed by atoms with Crippen molar-refractivity contribution in [2.75, 3.05) is 26.7 Å². The number of hydrogen-bond donors (Lipinski definition) is 2. The van der Waals surface area contributed by atoms with Crippen LogP contribution in [0.25, 0.3) is 0 Å². The third kappa shape index (κ3) is 9.68. The first-order valence-electron chi connectivity index (χ1n) is 10.1. The molecule has 0 aliphatic rings. The summed E-state index contributed by atoms with van der Waals surface area (Å²) in [5, 5.41) is 10.7. The standard InChI is InChI=1S/C20H37N5O3.HI/c1-8-12-25(19(26)27-20(4,5)6)13-11-22-18(21-7)23-14-15-16(9-2)24-28-17(15)10-3;/h8-14H2,1-7H3,(H2,21,22,23);1H. The fourth-order valence-electron chi connectivity index (χ4n) is 2.73. The lowest BCUT2D eigenvalue weighted by Gasteiger charge is -2.27. The first kappa shape index (κ1) is 27.5. The molecule has 1 aromatic heterocycles. The van der Waals surface area contributed by atoms with Crippen LogP contribution in [0.5, 0.6) is 0 Å². The van der Waals surface area contributed by atoms with E-state index in [4.69, 9.17) is 9.26 Å². The van der Waals surface area contributed by atoms with Crippen molar-refractivity contribution in [3.63, 3.8) is 0 Å². The monoisotopic (exact) mass is 523 g/mol. The van der Waals surface area contributed by atoms with Gasteiger partial charge in [0.1, 0.15) is 11.4 Å². The van der Waals surface area contributed by atoms with Crippen LogP contribution in [-0.4, -0.2) is 54.4 Å². The van der Waals surface area contributed by atoms with E-state index in [1.54, 1.807) is 11.9 Å². The van der Waals surface area contributed by atoms with Gasteiger partial charge < -0.3 is 24.8 Å². The molecule has 0 aliphatic carbocycles. The van der Waals surface area contributed by atoms with Crippen molar-refractivity contribution in [3.05, 3.63) is 17.0 Å². The van der Waals surface area contributed by atoms with E-state index in [-0.39, 0.29) is 30.1 Å². The van der Waals surface area contributed by atoms with Gasteiger partial charge in [-0.05, 0) is 33.6 Å². The molecular formula is C20H38IN5O3. The lowest BCUT2D eigenvalue weighted by atomic mass is 10.1. The van der Waals surface area contributed by atoms with Crippen LogP contribution in [0.15, 0.2) is 9.52 Å². The van der Waals surface area contributed by atoms with Crippen LogP contribution >= 0.6 is 24.0 Å². The summed E-state index contributed by atoms with van der Waals surface area (Å²) >= 11 is 0. The van der Waals surface area contributed by atoms with E-state index in [9.17, 15) is 4.79 Å². The Labute approximate surface area is 192 Å².